The summed E-state index contributed by atoms with van der Waals surface area (Å²) in [6.07, 6.45) is 0.591. The number of rotatable bonds is 5. The van der Waals surface area contributed by atoms with Gasteiger partial charge in [-0.15, -0.1) is 0 Å². The molecule has 2 rings (SSSR count). The largest absolute Gasteiger partial charge is 0.482 e. The highest BCUT2D eigenvalue weighted by atomic mass is 35.5. The van der Waals surface area contributed by atoms with E-state index in [9.17, 15) is 22.8 Å². The maximum atomic E-state index is 13.4. The number of aldehydes is 1. The van der Waals surface area contributed by atoms with Gasteiger partial charge in [-0.1, -0.05) is 11.6 Å². The summed E-state index contributed by atoms with van der Waals surface area (Å²) in [6.45, 7) is -0.543. The summed E-state index contributed by atoms with van der Waals surface area (Å²) < 4.78 is 44.3. The molecular weight excluding hydrogens is 335 g/mol. The molecule has 2 aromatic carbocycles. The fourth-order valence-electron chi connectivity index (χ4n) is 1.66. The Labute approximate surface area is 133 Å². The number of carbonyl (C=O) groups excluding carboxylic acids is 2. The Balaban J connectivity index is 2.01. The Morgan fingerprint density at radius 3 is 2.57 bits per heavy atom. The quantitative estimate of drug-likeness (QED) is 0.667. The maximum Gasteiger partial charge on any atom is 0.262 e. The van der Waals surface area contributed by atoms with Crippen LogP contribution in [0.5, 0.6) is 5.75 Å². The fourth-order valence-corrected chi connectivity index (χ4v) is 1.90. The maximum absolute atomic E-state index is 13.4. The van der Waals surface area contributed by atoms with Crippen molar-refractivity contribution in [3.8, 4) is 5.75 Å². The van der Waals surface area contributed by atoms with Crippen molar-refractivity contribution < 1.29 is 27.5 Å². The molecule has 120 valence electrons. The van der Waals surface area contributed by atoms with Crippen LogP contribution < -0.4 is 10.1 Å². The molecule has 0 atom stereocenters. The van der Waals surface area contributed by atoms with Crippen molar-refractivity contribution in [1.82, 2.24) is 0 Å². The molecule has 1 amide bonds. The number of hydrogen-bond acceptors (Lipinski definition) is 3. The molecule has 0 unspecified atom stereocenters. The summed E-state index contributed by atoms with van der Waals surface area (Å²) in [5.74, 6) is -5.22. The van der Waals surface area contributed by atoms with Crippen molar-refractivity contribution in [2.24, 2.45) is 0 Å². The van der Waals surface area contributed by atoms with Crippen LogP contribution in [0.1, 0.15) is 10.4 Å². The molecule has 0 fully saturated rings. The molecule has 0 saturated heterocycles. The van der Waals surface area contributed by atoms with Crippen LogP contribution in [0.2, 0.25) is 5.02 Å². The highest BCUT2D eigenvalue weighted by molar-refractivity contribution is 6.32. The summed E-state index contributed by atoms with van der Waals surface area (Å²) in [4.78, 5) is 22.2. The molecule has 0 bridgehead atoms. The molecule has 0 aliphatic heterocycles. The van der Waals surface area contributed by atoms with Gasteiger partial charge < -0.3 is 10.1 Å². The summed E-state index contributed by atoms with van der Waals surface area (Å²) in [5, 5.41) is 2.16. The van der Waals surface area contributed by atoms with E-state index in [0.717, 1.165) is 6.07 Å². The molecule has 23 heavy (non-hydrogen) atoms. The van der Waals surface area contributed by atoms with E-state index in [2.05, 4.69) is 0 Å². The Morgan fingerprint density at radius 1 is 1.17 bits per heavy atom. The first kappa shape index (κ1) is 16.8. The lowest BCUT2D eigenvalue weighted by Gasteiger charge is -2.10. The molecular formula is C15H9ClF3NO3. The van der Waals surface area contributed by atoms with E-state index < -0.39 is 35.7 Å². The van der Waals surface area contributed by atoms with Crippen molar-refractivity contribution in [1.29, 1.82) is 0 Å². The average Bonchev–Trinajstić information content (AvgIpc) is 2.54. The van der Waals surface area contributed by atoms with Gasteiger partial charge in [0.15, 0.2) is 24.1 Å². The molecule has 4 nitrogen and oxygen atoms in total. The van der Waals surface area contributed by atoms with Gasteiger partial charge in [0, 0.05) is 5.56 Å². The van der Waals surface area contributed by atoms with Gasteiger partial charge in [-0.05, 0) is 30.3 Å². The zero-order valence-corrected chi connectivity index (χ0v) is 12.2. The van der Waals surface area contributed by atoms with Gasteiger partial charge in [-0.3, -0.25) is 9.59 Å². The van der Waals surface area contributed by atoms with Crippen LogP contribution >= 0.6 is 11.6 Å². The molecule has 8 heteroatoms. The Kier molecular flexibility index (Phi) is 5.23. The van der Waals surface area contributed by atoms with Crippen LogP contribution in [-0.4, -0.2) is 18.8 Å². The van der Waals surface area contributed by atoms with E-state index in [1.165, 1.54) is 18.2 Å². The van der Waals surface area contributed by atoms with E-state index in [-0.39, 0.29) is 10.8 Å². The van der Waals surface area contributed by atoms with Gasteiger partial charge in [0.1, 0.15) is 12.0 Å². The molecule has 0 spiro atoms. The minimum Gasteiger partial charge on any atom is -0.482 e. The van der Waals surface area contributed by atoms with Crippen molar-refractivity contribution in [3.63, 3.8) is 0 Å². The molecule has 1 N–H and O–H groups in total. The van der Waals surface area contributed by atoms with E-state index in [4.69, 9.17) is 16.3 Å². The number of hydrogen-bond donors (Lipinski definition) is 1. The van der Waals surface area contributed by atoms with E-state index in [0.29, 0.717) is 17.9 Å². The van der Waals surface area contributed by atoms with Crippen LogP contribution in [0.25, 0.3) is 0 Å². The van der Waals surface area contributed by atoms with Crippen LogP contribution in [0.15, 0.2) is 30.3 Å². The van der Waals surface area contributed by atoms with Crippen molar-refractivity contribution >= 4 is 29.5 Å². The first-order valence-electron chi connectivity index (χ1n) is 6.23. The molecule has 0 aliphatic rings. The lowest BCUT2D eigenvalue weighted by molar-refractivity contribution is -0.118. The van der Waals surface area contributed by atoms with Crippen molar-refractivity contribution in [3.05, 3.63) is 58.4 Å². The minimum atomic E-state index is -1.68. The lowest BCUT2D eigenvalue weighted by Crippen LogP contribution is -2.21. The van der Waals surface area contributed by atoms with Gasteiger partial charge in [0.2, 0.25) is 0 Å². The number of nitrogens with one attached hydrogen (secondary N) is 1. The number of anilines is 1. The first-order chi connectivity index (χ1) is 10.9. The monoisotopic (exact) mass is 343 g/mol. The van der Waals surface area contributed by atoms with Crippen molar-refractivity contribution in [2.45, 2.75) is 0 Å². The standard InChI is InChI=1S/C15H9ClF3NO3/c16-9-5-8(6-21)1-4-12(9)23-7-13(22)20-11-3-2-10(17)14(18)15(11)19/h1-6H,7H2,(H,20,22). The third-order valence-corrected chi connectivity index (χ3v) is 3.06. The fraction of sp³-hybridized carbons (Fsp3) is 0.0667. The highest BCUT2D eigenvalue weighted by Gasteiger charge is 2.15. The Morgan fingerprint density at radius 2 is 1.91 bits per heavy atom. The second-order valence-electron chi connectivity index (χ2n) is 4.37. The summed E-state index contributed by atoms with van der Waals surface area (Å²) >= 11 is 5.85. The van der Waals surface area contributed by atoms with Crippen molar-refractivity contribution in [2.75, 3.05) is 11.9 Å². The van der Waals surface area contributed by atoms with Gasteiger partial charge in [0.25, 0.3) is 5.91 Å². The average molecular weight is 344 g/mol. The van der Waals surface area contributed by atoms with E-state index >= 15 is 0 Å². The topological polar surface area (TPSA) is 55.4 Å². The van der Waals surface area contributed by atoms with Crippen LogP contribution in [0.3, 0.4) is 0 Å². The number of halogens is 4. The summed E-state index contributed by atoms with van der Waals surface area (Å²) in [5.41, 5.74) is -0.185. The second-order valence-corrected chi connectivity index (χ2v) is 4.77. The zero-order valence-electron chi connectivity index (χ0n) is 11.4. The van der Waals surface area contributed by atoms with Crippen LogP contribution in [0, 0.1) is 17.5 Å². The Hall–Kier alpha value is -2.54. The summed E-state index contributed by atoms with van der Waals surface area (Å²) in [7, 11) is 0. The van der Waals surface area contributed by atoms with Crippen LogP contribution in [-0.2, 0) is 4.79 Å². The minimum absolute atomic E-state index is 0.112. The number of carbonyl (C=O) groups is 2. The van der Waals surface area contributed by atoms with E-state index in [1.807, 2.05) is 5.32 Å². The molecule has 0 aromatic heterocycles. The smallest absolute Gasteiger partial charge is 0.262 e. The van der Waals surface area contributed by atoms with E-state index in [1.54, 1.807) is 0 Å². The molecule has 2 aromatic rings. The zero-order chi connectivity index (χ0) is 17.0. The van der Waals surface area contributed by atoms with Gasteiger partial charge in [-0.25, -0.2) is 13.2 Å². The van der Waals surface area contributed by atoms with Gasteiger partial charge >= 0.3 is 0 Å². The first-order valence-corrected chi connectivity index (χ1v) is 6.61. The third-order valence-electron chi connectivity index (χ3n) is 2.76. The molecule has 0 aliphatic carbocycles. The lowest BCUT2D eigenvalue weighted by atomic mass is 10.2. The molecule has 0 radical (unpaired) electrons. The molecule has 0 saturated carbocycles. The normalized spacial score (nSPS) is 10.3. The Bertz CT molecular complexity index is 768. The third kappa shape index (κ3) is 4.01. The summed E-state index contributed by atoms with van der Waals surface area (Å²) in [6, 6.07) is 5.73. The molecule has 0 heterocycles. The number of amides is 1. The van der Waals surface area contributed by atoms with Crippen LogP contribution in [0.4, 0.5) is 18.9 Å². The number of benzene rings is 2. The SMILES string of the molecule is O=Cc1ccc(OCC(=O)Nc2ccc(F)c(F)c2F)c(Cl)c1. The predicted molar refractivity (Wildman–Crippen MR) is 77.3 cm³/mol. The number of ether oxygens (including phenoxy) is 1. The van der Waals surface area contributed by atoms with Gasteiger partial charge in [-0.2, -0.15) is 0 Å². The highest BCUT2D eigenvalue weighted by Crippen LogP contribution is 2.25. The second kappa shape index (κ2) is 7.15. The predicted octanol–water partition coefficient (Wildman–Crippen LogP) is 3.59. The van der Waals surface area contributed by atoms with Gasteiger partial charge in [0.05, 0.1) is 10.7 Å².